The molecule has 106 valence electrons. The molecule has 0 atom stereocenters. The molecule has 0 heterocycles. The molecule has 2 aromatic carbocycles. The number of halogens is 1. The van der Waals surface area contributed by atoms with E-state index in [0.717, 1.165) is 11.1 Å². The monoisotopic (exact) mass is 293 g/mol. The van der Waals surface area contributed by atoms with E-state index >= 15 is 0 Å². The Morgan fingerprint density at radius 1 is 0.900 bits per heavy atom. The third-order valence-electron chi connectivity index (χ3n) is 2.92. The fourth-order valence-corrected chi connectivity index (χ4v) is 2.44. The average molecular weight is 293 g/mol. The zero-order chi connectivity index (χ0) is 14.6. The third kappa shape index (κ3) is 4.15. The highest BCUT2D eigenvalue weighted by Gasteiger charge is 2.05. The van der Waals surface area contributed by atoms with E-state index in [1.807, 2.05) is 0 Å². The first kappa shape index (κ1) is 14.7. The highest BCUT2D eigenvalue weighted by Crippen LogP contribution is 2.10. The molecule has 0 aliphatic heterocycles. The molecule has 0 spiro atoms. The summed E-state index contributed by atoms with van der Waals surface area (Å²) in [6.07, 6.45) is 1.19. The van der Waals surface area contributed by atoms with E-state index in [-0.39, 0.29) is 5.82 Å². The highest BCUT2D eigenvalue weighted by molar-refractivity contribution is 7.90. The van der Waals surface area contributed by atoms with Crippen LogP contribution in [0.15, 0.2) is 53.4 Å². The van der Waals surface area contributed by atoms with Crippen molar-refractivity contribution in [2.75, 3.05) is 6.26 Å². The Kier molecular flexibility index (Phi) is 4.52. The number of nitrogens with one attached hydrogen (secondary N) is 1. The van der Waals surface area contributed by atoms with Crippen molar-refractivity contribution in [1.82, 2.24) is 5.32 Å². The van der Waals surface area contributed by atoms with Gasteiger partial charge in [-0.05, 0) is 35.4 Å². The minimum absolute atomic E-state index is 0.245. The maximum Gasteiger partial charge on any atom is 0.175 e. The average Bonchev–Trinajstić information content (AvgIpc) is 2.41. The van der Waals surface area contributed by atoms with Gasteiger partial charge in [-0.25, -0.2) is 12.8 Å². The summed E-state index contributed by atoms with van der Waals surface area (Å²) in [5, 5.41) is 3.22. The van der Waals surface area contributed by atoms with E-state index in [1.54, 1.807) is 36.4 Å². The van der Waals surface area contributed by atoms with Crippen LogP contribution in [0.1, 0.15) is 11.1 Å². The standard InChI is InChI=1S/C15H16FNO2S/c1-20(18,19)15-8-4-13(5-9-15)11-17-10-12-2-6-14(16)7-3-12/h2-9,17H,10-11H2,1H3. The maximum absolute atomic E-state index is 12.7. The first-order chi connectivity index (χ1) is 9.45. The third-order valence-corrected chi connectivity index (χ3v) is 4.05. The number of sulfone groups is 1. The molecule has 0 aliphatic carbocycles. The van der Waals surface area contributed by atoms with Crippen LogP contribution in [0.3, 0.4) is 0 Å². The lowest BCUT2D eigenvalue weighted by Gasteiger charge is -2.06. The van der Waals surface area contributed by atoms with E-state index in [9.17, 15) is 12.8 Å². The van der Waals surface area contributed by atoms with Crippen LogP contribution in [0.4, 0.5) is 4.39 Å². The zero-order valence-electron chi connectivity index (χ0n) is 11.1. The van der Waals surface area contributed by atoms with Gasteiger partial charge in [0.05, 0.1) is 4.90 Å². The van der Waals surface area contributed by atoms with E-state index in [2.05, 4.69) is 5.32 Å². The van der Waals surface area contributed by atoms with Gasteiger partial charge in [0.25, 0.3) is 0 Å². The lowest BCUT2D eigenvalue weighted by atomic mass is 10.2. The van der Waals surface area contributed by atoms with E-state index in [1.165, 1.54) is 18.4 Å². The van der Waals surface area contributed by atoms with Gasteiger partial charge in [0.2, 0.25) is 0 Å². The molecule has 3 nitrogen and oxygen atoms in total. The van der Waals surface area contributed by atoms with Crippen LogP contribution in [-0.2, 0) is 22.9 Å². The van der Waals surface area contributed by atoms with Crippen LogP contribution in [0.25, 0.3) is 0 Å². The van der Waals surface area contributed by atoms with Crippen LogP contribution >= 0.6 is 0 Å². The maximum atomic E-state index is 12.7. The predicted molar refractivity (Wildman–Crippen MR) is 76.5 cm³/mol. The Morgan fingerprint density at radius 2 is 1.35 bits per heavy atom. The van der Waals surface area contributed by atoms with Gasteiger partial charge in [0, 0.05) is 19.3 Å². The second-order valence-electron chi connectivity index (χ2n) is 4.65. The van der Waals surface area contributed by atoms with Crippen molar-refractivity contribution >= 4 is 9.84 Å². The number of hydrogen-bond acceptors (Lipinski definition) is 3. The molecular weight excluding hydrogens is 277 g/mol. The van der Waals surface area contributed by atoms with Crippen molar-refractivity contribution < 1.29 is 12.8 Å². The first-order valence-corrected chi connectivity index (χ1v) is 8.08. The summed E-state index contributed by atoms with van der Waals surface area (Å²) in [7, 11) is -3.14. The Morgan fingerprint density at radius 3 is 1.80 bits per heavy atom. The van der Waals surface area contributed by atoms with Crippen molar-refractivity contribution in [2.24, 2.45) is 0 Å². The Bertz CT molecular complexity index is 664. The normalized spacial score (nSPS) is 11.5. The minimum atomic E-state index is -3.14. The van der Waals surface area contributed by atoms with Gasteiger partial charge in [-0.3, -0.25) is 0 Å². The summed E-state index contributed by atoms with van der Waals surface area (Å²) in [6.45, 7) is 1.26. The van der Waals surface area contributed by atoms with Gasteiger partial charge >= 0.3 is 0 Å². The van der Waals surface area contributed by atoms with Crippen LogP contribution in [0, 0.1) is 5.82 Å². The van der Waals surface area contributed by atoms with Gasteiger partial charge in [-0.2, -0.15) is 0 Å². The van der Waals surface area contributed by atoms with Crippen LogP contribution in [0.2, 0.25) is 0 Å². The molecule has 0 saturated carbocycles. The molecule has 0 saturated heterocycles. The topological polar surface area (TPSA) is 46.2 Å². The van der Waals surface area contributed by atoms with Crippen molar-refractivity contribution in [3.8, 4) is 0 Å². The van der Waals surface area contributed by atoms with Gasteiger partial charge in [-0.1, -0.05) is 24.3 Å². The zero-order valence-corrected chi connectivity index (χ0v) is 12.0. The fourth-order valence-electron chi connectivity index (χ4n) is 1.81. The van der Waals surface area contributed by atoms with E-state index < -0.39 is 9.84 Å². The smallest absolute Gasteiger partial charge is 0.175 e. The number of benzene rings is 2. The van der Waals surface area contributed by atoms with Crippen LogP contribution < -0.4 is 5.32 Å². The SMILES string of the molecule is CS(=O)(=O)c1ccc(CNCc2ccc(F)cc2)cc1. The van der Waals surface area contributed by atoms with Gasteiger partial charge in [0.1, 0.15) is 5.82 Å². The molecule has 0 fully saturated rings. The molecule has 0 amide bonds. The molecule has 1 N–H and O–H groups in total. The summed E-state index contributed by atoms with van der Waals surface area (Å²) < 4.78 is 35.4. The quantitative estimate of drug-likeness (QED) is 0.921. The Labute approximate surface area is 118 Å². The fraction of sp³-hybridized carbons (Fsp3) is 0.200. The summed E-state index contributed by atoms with van der Waals surface area (Å²) in [4.78, 5) is 0.319. The lowest BCUT2D eigenvalue weighted by Crippen LogP contribution is -2.12. The Balaban J connectivity index is 1.90. The summed E-state index contributed by atoms with van der Waals surface area (Å²) in [5.41, 5.74) is 2.00. The molecule has 0 aromatic heterocycles. The molecule has 2 aromatic rings. The first-order valence-electron chi connectivity index (χ1n) is 6.19. The van der Waals surface area contributed by atoms with Crippen molar-refractivity contribution in [3.63, 3.8) is 0 Å². The summed E-state index contributed by atoms with van der Waals surface area (Å²) >= 11 is 0. The molecule has 2 rings (SSSR count). The molecule has 0 radical (unpaired) electrons. The predicted octanol–water partition coefficient (Wildman–Crippen LogP) is 2.52. The molecule has 5 heteroatoms. The van der Waals surface area contributed by atoms with Crippen molar-refractivity contribution in [3.05, 3.63) is 65.5 Å². The molecule has 0 unspecified atom stereocenters. The van der Waals surface area contributed by atoms with Crippen molar-refractivity contribution in [2.45, 2.75) is 18.0 Å². The molecule has 20 heavy (non-hydrogen) atoms. The molecular formula is C15H16FNO2S. The van der Waals surface area contributed by atoms with Crippen LogP contribution in [0.5, 0.6) is 0 Å². The van der Waals surface area contributed by atoms with Crippen LogP contribution in [-0.4, -0.2) is 14.7 Å². The summed E-state index contributed by atoms with van der Waals surface area (Å²) in [5.74, 6) is -0.245. The second kappa shape index (κ2) is 6.15. The lowest BCUT2D eigenvalue weighted by molar-refractivity contribution is 0.601. The van der Waals surface area contributed by atoms with Gasteiger partial charge in [0.15, 0.2) is 9.84 Å². The largest absolute Gasteiger partial charge is 0.309 e. The molecule has 0 bridgehead atoms. The van der Waals surface area contributed by atoms with E-state index in [0.29, 0.717) is 18.0 Å². The second-order valence-corrected chi connectivity index (χ2v) is 6.66. The highest BCUT2D eigenvalue weighted by atomic mass is 32.2. The van der Waals surface area contributed by atoms with Crippen molar-refractivity contribution in [1.29, 1.82) is 0 Å². The molecule has 0 aliphatic rings. The number of rotatable bonds is 5. The minimum Gasteiger partial charge on any atom is -0.309 e. The van der Waals surface area contributed by atoms with Gasteiger partial charge < -0.3 is 5.32 Å². The Hall–Kier alpha value is -1.72. The van der Waals surface area contributed by atoms with E-state index in [4.69, 9.17) is 0 Å². The van der Waals surface area contributed by atoms with Gasteiger partial charge in [-0.15, -0.1) is 0 Å². The summed E-state index contributed by atoms with van der Waals surface area (Å²) in [6, 6.07) is 13.1. The number of hydrogen-bond donors (Lipinski definition) is 1.